The first kappa shape index (κ1) is 33.8. The van der Waals surface area contributed by atoms with Crippen molar-refractivity contribution in [1.29, 1.82) is 0 Å². The molecule has 4 heteroatoms. The maximum absolute atomic E-state index is 3.48. The molecule has 2 aromatic rings. The molecule has 210 valence electrons. The number of hydrogen-bond acceptors (Lipinski definition) is 0. The van der Waals surface area contributed by atoms with E-state index in [1.165, 1.54) is 11.1 Å². The van der Waals surface area contributed by atoms with Crippen molar-refractivity contribution >= 4 is 43.8 Å². The first-order valence-electron chi connectivity index (χ1n) is 14.3. The molecule has 38 heavy (non-hydrogen) atoms. The van der Waals surface area contributed by atoms with Gasteiger partial charge in [0.05, 0.1) is 0 Å². The molecule has 2 aliphatic rings. The minimum absolute atomic E-state index is 0. The molecule has 0 nitrogen and oxygen atoms in total. The van der Waals surface area contributed by atoms with Crippen LogP contribution in [0, 0.1) is 0 Å². The molecule has 0 amide bonds. The first-order valence-corrected chi connectivity index (χ1v) is 28.0. The number of benzene rings is 2. The maximum atomic E-state index is 2.78. The zero-order valence-corrected chi connectivity index (χ0v) is 31.5. The second-order valence-corrected chi connectivity index (χ2v) is 44.9. The van der Waals surface area contributed by atoms with Crippen molar-refractivity contribution in [2.45, 2.75) is 109 Å². The Labute approximate surface area is 248 Å². The van der Waals surface area contributed by atoms with E-state index >= 15 is 0 Å². The standard InChI is InChI=1S/2C16H21.2CH3.2ClH.H2Si.Zr/c2*1-10(2)13-8-14-6-12(5)7-16(14)15(9-13)11(3)4;;;;;;/h2*6-11H,1-5H3;2*1H3;2*1H;1H2;. The largest absolute Gasteiger partial charge is 0.147 e. The van der Waals surface area contributed by atoms with Crippen molar-refractivity contribution in [3.05, 3.63) is 79.9 Å². The van der Waals surface area contributed by atoms with Crippen molar-refractivity contribution in [3.63, 3.8) is 0 Å². The van der Waals surface area contributed by atoms with Crippen LogP contribution >= 0.6 is 24.8 Å². The molecule has 0 heterocycles. The van der Waals surface area contributed by atoms with E-state index in [0.29, 0.717) is 30.9 Å². The molecule has 0 saturated heterocycles. The molecule has 2 unspecified atom stereocenters. The Morgan fingerprint density at radius 1 is 0.579 bits per heavy atom. The topological polar surface area (TPSA) is 0 Å². The van der Waals surface area contributed by atoms with E-state index in [0.717, 1.165) is 0 Å². The summed E-state index contributed by atoms with van der Waals surface area (Å²) in [5.74, 6) is 2.20. The van der Waals surface area contributed by atoms with Crippen LogP contribution in [0.25, 0.3) is 12.2 Å². The summed E-state index contributed by atoms with van der Waals surface area (Å²) in [7, 11) is 0. The molecule has 4 rings (SSSR count). The Bertz CT molecular complexity index is 1250. The van der Waals surface area contributed by atoms with Gasteiger partial charge in [0, 0.05) is 0 Å². The predicted octanol–water partition coefficient (Wildman–Crippen LogP) is 11.0. The van der Waals surface area contributed by atoms with Crippen LogP contribution in [0.1, 0.15) is 145 Å². The Kier molecular flexibility index (Phi) is 10.2. The number of allylic oxidation sites excluding steroid dienone is 2. The van der Waals surface area contributed by atoms with Crippen LogP contribution in [0.2, 0.25) is 9.26 Å². The third-order valence-electron chi connectivity index (χ3n) is 9.28. The molecule has 0 spiro atoms. The van der Waals surface area contributed by atoms with Crippen LogP contribution in [-0.4, -0.2) is 6.88 Å². The summed E-state index contributed by atoms with van der Waals surface area (Å²) in [6, 6.07) is 10.2. The quantitative estimate of drug-likeness (QED) is 0.273. The molecule has 2 atom stereocenters. The van der Waals surface area contributed by atoms with E-state index in [1.54, 1.807) is 44.5 Å². The van der Waals surface area contributed by atoms with Gasteiger partial charge in [0.2, 0.25) is 0 Å². The van der Waals surface area contributed by atoms with Crippen molar-refractivity contribution in [2.75, 3.05) is 0 Å². The minimum atomic E-state index is -3.48. The van der Waals surface area contributed by atoms with E-state index in [9.17, 15) is 0 Å². The number of halogens is 2. The van der Waals surface area contributed by atoms with Gasteiger partial charge < -0.3 is 0 Å². The van der Waals surface area contributed by atoms with E-state index in [4.69, 9.17) is 0 Å². The van der Waals surface area contributed by atoms with Gasteiger partial charge in [-0.25, -0.2) is 0 Å². The number of rotatable bonds is 6. The van der Waals surface area contributed by atoms with Crippen LogP contribution in [0.3, 0.4) is 0 Å². The fourth-order valence-electron chi connectivity index (χ4n) is 7.68. The van der Waals surface area contributed by atoms with Gasteiger partial charge in [0.1, 0.15) is 0 Å². The molecular formula is C34H52Cl2SiZr. The monoisotopic (exact) mass is 648 g/mol. The van der Waals surface area contributed by atoms with Crippen molar-refractivity contribution in [1.82, 2.24) is 0 Å². The fourth-order valence-corrected chi connectivity index (χ4v) is 28.9. The van der Waals surface area contributed by atoms with Crippen LogP contribution in [0.5, 0.6) is 0 Å². The first-order chi connectivity index (χ1) is 16.5. The van der Waals surface area contributed by atoms with Crippen LogP contribution in [0.15, 0.2) is 35.4 Å². The third-order valence-corrected chi connectivity index (χ3v) is 27.2. The van der Waals surface area contributed by atoms with Crippen LogP contribution < -0.4 is 0 Å². The predicted molar refractivity (Wildman–Crippen MR) is 177 cm³/mol. The van der Waals surface area contributed by atoms with E-state index in [2.05, 4.69) is 122 Å². The van der Waals surface area contributed by atoms with Gasteiger partial charge in [-0.3, -0.25) is 0 Å². The average molecular weight is 651 g/mol. The molecule has 0 N–H and O–H groups in total. The zero-order valence-electron chi connectivity index (χ0n) is 26.0. The molecule has 0 fully saturated rings. The van der Waals surface area contributed by atoms with E-state index in [-0.39, 0.29) is 24.8 Å². The third kappa shape index (κ3) is 5.55. The Balaban J connectivity index is 0.00000253. The number of hydrogen-bond donors (Lipinski definition) is 0. The zero-order chi connectivity index (χ0) is 26.9. The molecular weight excluding hydrogens is 599 g/mol. The van der Waals surface area contributed by atoms with Gasteiger partial charge >= 0.3 is 226 Å². The smallest absolute Gasteiger partial charge is 0.147 e. The Morgan fingerprint density at radius 3 is 1.16 bits per heavy atom. The average Bonchev–Trinajstić information content (AvgIpc) is 3.27. The van der Waals surface area contributed by atoms with Crippen molar-refractivity contribution in [2.24, 2.45) is 0 Å². The van der Waals surface area contributed by atoms with Gasteiger partial charge in [-0.05, 0) is 0 Å². The van der Waals surface area contributed by atoms with Gasteiger partial charge in [0.15, 0.2) is 0 Å². The van der Waals surface area contributed by atoms with E-state index in [1.807, 2.05) is 0 Å². The number of fused-ring (bicyclic) bond motifs is 2. The van der Waals surface area contributed by atoms with Gasteiger partial charge in [-0.1, -0.05) is 0 Å². The summed E-state index contributed by atoms with van der Waals surface area (Å²) in [5, 5.41) is 0. The SMILES string of the molecule is CC1=Cc2c(C(C)C)cc(C(C)C)cc2[CH]1[Zr]([CH3])([CH3])(=[SiH2])[CH]1C(C)=Cc2c(C(C)C)cc(C(C)C)cc21.Cl.Cl. The molecule has 0 aromatic heterocycles. The molecule has 2 aliphatic carbocycles. The van der Waals surface area contributed by atoms with Crippen molar-refractivity contribution < 1.29 is 17.4 Å². The normalized spacial score (nSPS) is 18.9. The van der Waals surface area contributed by atoms with Gasteiger partial charge in [-0.15, -0.1) is 24.8 Å². The van der Waals surface area contributed by atoms with Crippen LogP contribution in [-0.2, 0) is 17.4 Å². The van der Waals surface area contributed by atoms with E-state index < -0.39 is 17.4 Å². The summed E-state index contributed by atoms with van der Waals surface area (Å²) in [4.78, 5) is 0. The van der Waals surface area contributed by atoms with Crippen molar-refractivity contribution in [3.8, 4) is 0 Å². The summed E-state index contributed by atoms with van der Waals surface area (Å²) in [6.45, 7) is 26.3. The molecule has 0 radical (unpaired) electrons. The summed E-state index contributed by atoms with van der Waals surface area (Å²) >= 11 is -3.48. The van der Waals surface area contributed by atoms with Gasteiger partial charge in [-0.2, -0.15) is 0 Å². The minimum Gasteiger partial charge on any atom is -0.147 e. The second kappa shape index (κ2) is 11.5. The molecule has 0 saturated carbocycles. The molecule has 0 aliphatic heterocycles. The second-order valence-electron chi connectivity index (χ2n) is 14.4. The molecule has 0 bridgehead atoms. The fraction of sp³-hybridized carbons (Fsp3) is 0.529. The van der Waals surface area contributed by atoms with Gasteiger partial charge in [0.25, 0.3) is 0 Å². The Hall–Kier alpha value is -0.400. The summed E-state index contributed by atoms with van der Waals surface area (Å²) in [6.07, 6.45) is 5.15. The molecule has 2 aromatic carbocycles. The summed E-state index contributed by atoms with van der Waals surface area (Å²) in [5.41, 5.74) is 15.8. The maximum Gasteiger partial charge on any atom is -0.147 e. The summed E-state index contributed by atoms with van der Waals surface area (Å²) < 4.78 is 6.76. The Morgan fingerprint density at radius 2 is 0.895 bits per heavy atom. The van der Waals surface area contributed by atoms with Crippen LogP contribution in [0.4, 0.5) is 0 Å².